The summed E-state index contributed by atoms with van der Waals surface area (Å²) in [6, 6.07) is 0.970. The minimum Gasteiger partial charge on any atom is -0.493 e. The van der Waals surface area contributed by atoms with Crippen LogP contribution in [0.15, 0.2) is 6.07 Å². The molecule has 0 radical (unpaired) electrons. The molecule has 1 aromatic heterocycles. The molecule has 0 atom stereocenters. The highest BCUT2D eigenvalue weighted by molar-refractivity contribution is 14.1. The Balaban J connectivity index is 3.33. The van der Waals surface area contributed by atoms with E-state index in [0.717, 1.165) is 13.2 Å². The molecule has 0 N–H and O–H groups in total. The highest BCUT2D eigenvalue weighted by atomic mass is 127. The van der Waals surface area contributed by atoms with Gasteiger partial charge in [-0.3, -0.25) is 0 Å². The van der Waals surface area contributed by atoms with Crippen LogP contribution in [0.5, 0.6) is 5.75 Å². The van der Waals surface area contributed by atoms with Crippen LogP contribution in [-0.2, 0) is 4.74 Å². The zero-order chi connectivity index (χ0) is 12.3. The van der Waals surface area contributed by atoms with Crippen molar-refractivity contribution in [1.29, 1.82) is 0 Å². The number of hydrogen-bond acceptors (Lipinski definition) is 4. The van der Waals surface area contributed by atoms with E-state index in [4.69, 9.17) is 4.74 Å². The number of methoxy groups -OCH3 is 2. The second-order valence-electron chi connectivity index (χ2n) is 2.71. The number of alkyl halides is 2. The number of carbonyl (C=O) groups is 1. The SMILES string of the molecule is COC(=O)c1cc(C(F)F)c(OC)c(I)n1. The second kappa shape index (κ2) is 5.37. The van der Waals surface area contributed by atoms with E-state index >= 15 is 0 Å². The lowest BCUT2D eigenvalue weighted by Crippen LogP contribution is -2.08. The van der Waals surface area contributed by atoms with Crippen molar-refractivity contribution in [2.75, 3.05) is 14.2 Å². The van der Waals surface area contributed by atoms with Crippen LogP contribution < -0.4 is 4.74 Å². The van der Waals surface area contributed by atoms with E-state index in [0.29, 0.717) is 0 Å². The number of nitrogens with zero attached hydrogens (tertiary/aromatic N) is 1. The van der Waals surface area contributed by atoms with E-state index in [-0.39, 0.29) is 20.7 Å². The molecule has 1 aromatic rings. The molecule has 0 aliphatic heterocycles. The maximum Gasteiger partial charge on any atom is 0.356 e. The van der Waals surface area contributed by atoms with Gasteiger partial charge in [-0.15, -0.1) is 0 Å². The lowest BCUT2D eigenvalue weighted by molar-refractivity contribution is 0.0593. The van der Waals surface area contributed by atoms with E-state index in [9.17, 15) is 13.6 Å². The Kier molecular flexibility index (Phi) is 4.39. The average Bonchev–Trinajstić information content (AvgIpc) is 2.26. The van der Waals surface area contributed by atoms with Crippen LogP contribution in [0.2, 0.25) is 0 Å². The molecule has 0 aliphatic carbocycles. The van der Waals surface area contributed by atoms with Crippen molar-refractivity contribution in [3.63, 3.8) is 0 Å². The number of rotatable bonds is 3. The summed E-state index contributed by atoms with van der Waals surface area (Å²) in [6.45, 7) is 0. The molecule has 1 heterocycles. The molecule has 0 unspecified atom stereocenters. The van der Waals surface area contributed by atoms with Gasteiger partial charge in [0, 0.05) is 0 Å². The molecule has 0 fully saturated rings. The Morgan fingerprint density at radius 3 is 2.56 bits per heavy atom. The quantitative estimate of drug-likeness (QED) is 0.481. The normalized spacial score (nSPS) is 10.4. The third kappa shape index (κ3) is 2.57. The van der Waals surface area contributed by atoms with E-state index in [1.165, 1.54) is 7.11 Å². The molecular weight excluding hydrogens is 335 g/mol. The Hall–Kier alpha value is -0.990. The molecule has 16 heavy (non-hydrogen) atoms. The number of ether oxygens (including phenoxy) is 2. The van der Waals surface area contributed by atoms with Gasteiger partial charge in [0.05, 0.1) is 19.8 Å². The van der Waals surface area contributed by atoms with Gasteiger partial charge < -0.3 is 9.47 Å². The van der Waals surface area contributed by atoms with Crippen molar-refractivity contribution >= 4 is 28.6 Å². The topological polar surface area (TPSA) is 48.4 Å². The third-order valence-corrected chi connectivity index (χ3v) is 2.53. The average molecular weight is 343 g/mol. The highest BCUT2D eigenvalue weighted by Gasteiger charge is 2.21. The van der Waals surface area contributed by atoms with Crippen molar-refractivity contribution < 1.29 is 23.0 Å². The van der Waals surface area contributed by atoms with Crippen LogP contribution in [0.3, 0.4) is 0 Å². The first-order valence-corrected chi connectivity index (χ1v) is 5.20. The lowest BCUT2D eigenvalue weighted by atomic mass is 10.2. The van der Waals surface area contributed by atoms with Gasteiger partial charge in [0.25, 0.3) is 6.43 Å². The number of pyridine rings is 1. The Morgan fingerprint density at radius 2 is 2.12 bits per heavy atom. The fourth-order valence-corrected chi connectivity index (χ4v) is 1.89. The Morgan fingerprint density at radius 1 is 1.50 bits per heavy atom. The summed E-state index contributed by atoms with van der Waals surface area (Å²) in [5, 5.41) is 0. The molecule has 0 aromatic carbocycles. The molecular formula is C9H8F2INO3. The smallest absolute Gasteiger partial charge is 0.356 e. The minimum atomic E-state index is -2.74. The fourth-order valence-electron chi connectivity index (χ4n) is 1.09. The molecule has 0 aliphatic rings. The second-order valence-corrected chi connectivity index (χ2v) is 3.73. The van der Waals surface area contributed by atoms with Gasteiger partial charge in [0.2, 0.25) is 0 Å². The zero-order valence-electron chi connectivity index (χ0n) is 8.46. The molecule has 0 saturated carbocycles. The van der Waals surface area contributed by atoms with Gasteiger partial charge in [-0.25, -0.2) is 18.6 Å². The van der Waals surface area contributed by atoms with Crippen LogP contribution in [0.4, 0.5) is 8.78 Å². The van der Waals surface area contributed by atoms with Crippen molar-refractivity contribution in [1.82, 2.24) is 4.98 Å². The summed E-state index contributed by atoms with van der Waals surface area (Å²) in [4.78, 5) is 15.0. The molecule has 4 nitrogen and oxygen atoms in total. The first kappa shape index (κ1) is 13.1. The predicted octanol–water partition coefficient (Wildman–Crippen LogP) is 2.42. The van der Waals surface area contributed by atoms with Crippen LogP contribution in [0.1, 0.15) is 22.5 Å². The predicted molar refractivity (Wildman–Crippen MR) is 59.8 cm³/mol. The monoisotopic (exact) mass is 343 g/mol. The van der Waals surface area contributed by atoms with Crippen LogP contribution in [0, 0.1) is 3.70 Å². The third-order valence-electron chi connectivity index (χ3n) is 1.79. The summed E-state index contributed by atoms with van der Waals surface area (Å²) < 4.78 is 34.8. The molecule has 0 spiro atoms. The van der Waals surface area contributed by atoms with Gasteiger partial charge >= 0.3 is 5.97 Å². The van der Waals surface area contributed by atoms with E-state index < -0.39 is 12.4 Å². The summed E-state index contributed by atoms with van der Waals surface area (Å²) in [6.07, 6.45) is -2.74. The Bertz CT molecular complexity index is 412. The molecule has 0 bridgehead atoms. The lowest BCUT2D eigenvalue weighted by Gasteiger charge is -2.10. The van der Waals surface area contributed by atoms with Gasteiger partial charge in [-0.2, -0.15) is 0 Å². The van der Waals surface area contributed by atoms with Crippen molar-refractivity contribution in [2.45, 2.75) is 6.43 Å². The highest BCUT2D eigenvalue weighted by Crippen LogP contribution is 2.32. The van der Waals surface area contributed by atoms with E-state index in [1.54, 1.807) is 22.6 Å². The van der Waals surface area contributed by atoms with E-state index in [2.05, 4.69) is 9.72 Å². The number of aromatic nitrogens is 1. The van der Waals surface area contributed by atoms with Gasteiger partial charge in [-0.05, 0) is 28.7 Å². The number of halogens is 3. The van der Waals surface area contributed by atoms with Crippen LogP contribution in [0.25, 0.3) is 0 Å². The van der Waals surface area contributed by atoms with Crippen molar-refractivity contribution in [2.24, 2.45) is 0 Å². The zero-order valence-corrected chi connectivity index (χ0v) is 10.6. The van der Waals surface area contributed by atoms with Crippen LogP contribution in [-0.4, -0.2) is 25.2 Å². The van der Waals surface area contributed by atoms with Crippen molar-refractivity contribution in [3.05, 3.63) is 21.0 Å². The standard InChI is InChI=1S/C9H8F2INO3/c1-15-6-4(7(10)11)3-5(9(14)16-2)13-8(6)12/h3,7H,1-2H3. The van der Waals surface area contributed by atoms with Crippen molar-refractivity contribution in [3.8, 4) is 5.75 Å². The van der Waals surface area contributed by atoms with Gasteiger partial charge in [0.1, 0.15) is 9.39 Å². The molecule has 7 heteroatoms. The molecule has 0 amide bonds. The number of hydrogen-bond donors (Lipinski definition) is 0. The van der Waals surface area contributed by atoms with Gasteiger partial charge in [0.15, 0.2) is 5.75 Å². The molecule has 1 rings (SSSR count). The first-order chi connectivity index (χ1) is 7.51. The largest absolute Gasteiger partial charge is 0.493 e. The van der Waals surface area contributed by atoms with Gasteiger partial charge in [-0.1, -0.05) is 0 Å². The molecule has 0 saturated heterocycles. The molecule has 88 valence electrons. The number of carbonyl (C=O) groups excluding carboxylic acids is 1. The fraction of sp³-hybridized carbons (Fsp3) is 0.333. The van der Waals surface area contributed by atoms with E-state index in [1.807, 2.05) is 0 Å². The van der Waals surface area contributed by atoms with Crippen LogP contribution >= 0.6 is 22.6 Å². The summed E-state index contributed by atoms with van der Waals surface area (Å²) in [7, 11) is 2.42. The summed E-state index contributed by atoms with van der Waals surface area (Å²) >= 11 is 1.72. The maximum absolute atomic E-state index is 12.7. The Labute approximate surface area is 104 Å². The minimum absolute atomic E-state index is 0.0248. The summed E-state index contributed by atoms with van der Waals surface area (Å²) in [5.74, 6) is -0.786. The number of esters is 1. The maximum atomic E-state index is 12.7. The summed E-state index contributed by atoms with van der Waals surface area (Å²) in [5.41, 5.74) is -0.537. The first-order valence-electron chi connectivity index (χ1n) is 4.12.